The maximum Gasteiger partial charge on any atom is 0.308 e. The Bertz CT molecular complexity index is 1350. The van der Waals surface area contributed by atoms with Crippen LogP contribution in [0.4, 0.5) is 5.82 Å². The van der Waals surface area contributed by atoms with E-state index < -0.39 is 11.9 Å². The standard InChI is InChI=1S/C26H25ClN4O4/c1-15-6-4-5-7-20(15)21-9-8-17(10-19(21)14-34-3)25-30-23(31-35-25)18-11-22(27)24(29-13-18)28-12-16(2)26(32)33/h4-11,13,16H,12,14H2,1-3H3,(H,28,29)(H,32,33). The third-order valence-electron chi connectivity index (χ3n) is 5.61. The lowest BCUT2D eigenvalue weighted by Gasteiger charge is -2.12. The lowest BCUT2D eigenvalue weighted by atomic mass is 9.94. The number of pyridine rings is 1. The molecule has 2 aromatic carbocycles. The predicted octanol–water partition coefficient (Wildman–Crippen LogP) is 5.71. The number of methoxy groups -OCH3 is 1. The number of nitrogens with one attached hydrogen (secondary N) is 1. The van der Waals surface area contributed by atoms with Gasteiger partial charge in [0.15, 0.2) is 0 Å². The Morgan fingerprint density at radius 2 is 1.97 bits per heavy atom. The van der Waals surface area contributed by atoms with Gasteiger partial charge in [-0.3, -0.25) is 4.79 Å². The smallest absolute Gasteiger partial charge is 0.308 e. The van der Waals surface area contributed by atoms with Crippen LogP contribution in [0.25, 0.3) is 34.0 Å². The van der Waals surface area contributed by atoms with E-state index in [-0.39, 0.29) is 6.54 Å². The molecule has 35 heavy (non-hydrogen) atoms. The van der Waals surface area contributed by atoms with Crippen LogP contribution in [-0.4, -0.2) is 39.9 Å². The van der Waals surface area contributed by atoms with Gasteiger partial charge in [0.2, 0.25) is 5.82 Å². The highest BCUT2D eigenvalue weighted by atomic mass is 35.5. The molecular formula is C26H25ClN4O4. The van der Waals surface area contributed by atoms with Crippen LogP contribution in [-0.2, 0) is 16.1 Å². The maximum atomic E-state index is 11.0. The van der Waals surface area contributed by atoms with Crippen molar-refractivity contribution in [1.29, 1.82) is 0 Å². The van der Waals surface area contributed by atoms with Gasteiger partial charge < -0.3 is 19.7 Å². The maximum absolute atomic E-state index is 11.0. The number of anilines is 1. The summed E-state index contributed by atoms with van der Waals surface area (Å²) >= 11 is 6.34. The van der Waals surface area contributed by atoms with E-state index in [2.05, 4.69) is 39.5 Å². The number of carboxylic acid groups (broad SMARTS) is 1. The molecule has 0 saturated carbocycles. The number of nitrogens with zero attached hydrogens (tertiary/aromatic N) is 3. The number of ether oxygens (including phenoxy) is 1. The molecule has 9 heteroatoms. The van der Waals surface area contributed by atoms with Crippen molar-refractivity contribution in [2.24, 2.45) is 5.92 Å². The van der Waals surface area contributed by atoms with Crippen LogP contribution in [0.3, 0.4) is 0 Å². The minimum absolute atomic E-state index is 0.204. The van der Waals surface area contributed by atoms with E-state index in [1.165, 1.54) is 5.56 Å². The Morgan fingerprint density at radius 3 is 2.69 bits per heavy atom. The number of carboxylic acids is 1. The average Bonchev–Trinajstić information content (AvgIpc) is 3.34. The Morgan fingerprint density at radius 1 is 1.17 bits per heavy atom. The number of hydrogen-bond donors (Lipinski definition) is 2. The number of aryl methyl sites for hydroxylation is 1. The average molecular weight is 493 g/mol. The number of aromatic nitrogens is 3. The fraction of sp³-hybridized carbons (Fsp3) is 0.231. The molecule has 1 unspecified atom stereocenters. The number of halogens is 1. The van der Waals surface area contributed by atoms with Crippen molar-refractivity contribution in [3.8, 4) is 34.0 Å². The Hall–Kier alpha value is -3.75. The Balaban J connectivity index is 1.59. The van der Waals surface area contributed by atoms with E-state index in [1.807, 2.05) is 30.3 Å². The molecule has 0 saturated heterocycles. The van der Waals surface area contributed by atoms with Gasteiger partial charge in [0.25, 0.3) is 5.89 Å². The molecule has 2 aromatic heterocycles. The highest BCUT2D eigenvalue weighted by Gasteiger charge is 2.16. The Kier molecular flexibility index (Phi) is 7.43. The van der Waals surface area contributed by atoms with Crippen molar-refractivity contribution in [1.82, 2.24) is 15.1 Å². The molecule has 0 aliphatic carbocycles. The molecule has 0 aliphatic rings. The summed E-state index contributed by atoms with van der Waals surface area (Å²) in [7, 11) is 1.66. The normalized spacial score (nSPS) is 11.9. The van der Waals surface area contributed by atoms with E-state index in [0.29, 0.717) is 34.7 Å². The van der Waals surface area contributed by atoms with Gasteiger partial charge in [-0.2, -0.15) is 4.98 Å². The zero-order valence-electron chi connectivity index (χ0n) is 19.6. The van der Waals surface area contributed by atoms with Crippen molar-refractivity contribution in [2.75, 3.05) is 19.0 Å². The van der Waals surface area contributed by atoms with Crippen LogP contribution in [0.15, 0.2) is 59.3 Å². The molecule has 0 spiro atoms. The first-order valence-electron chi connectivity index (χ1n) is 11.0. The van der Waals surface area contributed by atoms with Gasteiger partial charge in [0, 0.05) is 31.0 Å². The molecule has 2 N–H and O–H groups in total. The van der Waals surface area contributed by atoms with Crippen molar-refractivity contribution in [2.45, 2.75) is 20.5 Å². The van der Waals surface area contributed by atoms with Gasteiger partial charge >= 0.3 is 5.97 Å². The van der Waals surface area contributed by atoms with Crippen molar-refractivity contribution >= 4 is 23.4 Å². The predicted molar refractivity (Wildman–Crippen MR) is 134 cm³/mol. The van der Waals surface area contributed by atoms with Gasteiger partial charge in [0.05, 0.1) is 17.5 Å². The van der Waals surface area contributed by atoms with Crippen LogP contribution >= 0.6 is 11.6 Å². The molecule has 4 aromatic rings. The monoisotopic (exact) mass is 492 g/mol. The SMILES string of the molecule is COCc1cc(-c2nc(-c3cnc(NCC(C)C(=O)O)c(Cl)c3)no2)ccc1-c1ccccc1C. The van der Waals surface area contributed by atoms with E-state index >= 15 is 0 Å². The highest BCUT2D eigenvalue weighted by Crippen LogP contribution is 2.32. The third-order valence-corrected chi connectivity index (χ3v) is 5.90. The summed E-state index contributed by atoms with van der Waals surface area (Å²) in [6.07, 6.45) is 1.56. The fourth-order valence-electron chi connectivity index (χ4n) is 3.62. The fourth-order valence-corrected chi connectivity index (χ4v) is 3.86. The van der Waals surface area contributed by atoms with E-state index in [9.17, 15) is 4.79 Å². The zero-order chi connectivity index (χ0) is 24.9. The van der Waals surface area contributed by atoms with E-state index in [1.54, 1.807) is 26.3 Å². The highest BCUT2D eigenvalue weighted by molar-refractivity contribution is 6.33. The van der Waals surface area contributed by atoms with Crippen LogP contribution < -0.4 is 5.32 Å². The summed E-state index contributed by atoms with van der Waals surface area (Å²) in [5, 5.41) is 16.4. The molecule has 0 aliphatic heterocycles. The van der Waals surface area contributed by atoms with E-state index in [0.717, 1.165) is 22.3 Å². The molecule has 8 nitrogen and oxygen atoms in total. The molecule has 1 atom stereocenters. The van der Waals surface area contributed by atoms with Crippen LogP contribution in [0, 0.1) is 12.8 Å². The topological polar surface area (TPSA) is 110 Å². The first kappa shape index (κ1) is 24.4. The second-order valence-corrected chi connectivity index (χ2v) is 8.62. The first-order chi connectivity index (χ1) is 16.9. The number of rotatable bonds is 9. The van der Waals surface area contributed by atoms with Crippen molar-refractivity contribution < 1.29 is 19.2 Å². The molecule has 4 rings (SSSR count). The molecule has 0 amide bonds. The number of carbonyl (C=O) groups is 1. The third kappa shape index (κ3) is 5.50. The molecular weight excluding hydrogens is 468 g/mol. The summed E-state index contributed by atoms with van der Waals surface area (Å²) in [6, 6.07) is 15.8. The van der Waals surface area contributed by atoms with E-state index in [4.69, 9.17) is 26.0 Å². The summed E-state index contributed by atoms with van der Waals surface area (Å²) < 4.78 is 11.0. The summed E-state index contributed by atoms with van der Waals surface area (Å²) in [5.41, 5.74) is 5.77. The van der Waals surface area contributed by atoms with Crippen LogP contribution in [0.5, 0.6) is 0 Å². The molecule has 2 heterocycles. The summed E-state index contributed by atoms with van der Waals surface area (Å²) in [6.45, 7) is 4.32. The van der Waals surface area contributed by atoms with Crippen LogP contribution in [0.2, 0.25) is 5.02 Å². The van der Waals surface area contributed by atoms with Crippen LogP contribution in [0.1, 0.15) is 18.1 Å². The lowest BCUT2D eigenvalue weighted by molar-refractivity contribution is -0.140. The van der Waals surface area contributed by atoms with Gasteiger partial charge in [-0.25, -0.2) is 4.98 Å². The number of hydrogen-bond acceptors (Lipinski definition) is 7. The van der Waals surface area contributed by atoms with Gasteiger partial charge in [0.1, 0.15) is 5.82 Å². The summed E-state index contributed by atoms with van der Waals surface area (Å²) in [5.74, 6) is -0.376. The molecule has 0 fully saturated rings. The Labute approximate surface area is 207 Å². The first-order valence-corrected chi connectivity index (χ1v) is 11.4. The van der Waals surface area contributed by atoms with Crippen molar-refractivity contribution in [3.05, 3.63) is 70.9 Å². The summed E-state index contributed by atoms with van der Waals surface area (Å²) in [4.78, 5) is 19.8. The zero-order valence-corrected chi connectivity index (χ0v) is 20.3. The molecule has 0 radical (unpaired) electrons. The van der Waals surface area contributed by atoms with Gasteiger partial charge in [-0.15, -0.1) is 0 Å². The second kappa shape index (κ2) is 10.7. The quantitative estimate of drug-likeness (QED) is 0.306. The second-order valence-electron chi connectivity index (χ2n) is 8.22. The molecule has 180 valence electrons. The number of benzene rings is 2. The number of aliphatic carboxylic acids is 1. The van der Waals surface area contributed by atoms with Crippen molar-refractivity contribution in [3.63, 3.8) is 0 Å². The minimum atomic E-state index is -0.898. The largest absolute Gasteiger partial charge is 0.481 e. The minimum Gasteiger partial charge on any atom is -0.481 e. The van der Waals surface area contributed by atoms with Gasteiger partial charge in [-0.1, -0.05) is 54.0 Å². The van der Waals surface area contributed by atoms with Gasteiger partial charge in [-0.05, 0) is 47.4 Å². The lowest BCUT2D eigenvalue weighted by Crippen LogP contribution is -2.20. The molecule has 0 bridgehead atoms.